The minimum Gasteiger partial charge on any atom is -0.477 e. The molecule has 0 amide bonds. The zero-order valence-corrected chi connectivity index (χ0v) is 24.2. The van der Waals surface area contributed by atoms with Crippen molar-refractivity contribution in [2.24, 2.45) is 5.16 Å². The maximum absolute atomic E-state index is 11.7. The van der Waals surface area contributed by atoms with Gasteiger partial charge in [-0.25, -0.2) is 9.78 Å². The van der Waals surface area contributed by atoms with E-state index in [0.29, 0.717) is 49.9 Å². The quantitative estimate of drug-likeness (QED) is 0.0760. The van der Waals surface area contributed by atoms with Crippen molar-refractivity contribution >= 4 is 17.7 Å². The molecule has 3 aromatic rings. The third-order valence-electron chi connectivity index (χ3n) is 6.28. The van der Waals surface area contributed by atoms with E-state index in [9.17, 15) is 9.59 Å². The SMILES string of the molecule is CCCCc1nc(C)nc(OCCCC(=O)OCC)c1Cc1ccc(-c2ccccc2/C(C)=N/OC(C)=O)cc1. The van der Waals surface area contributed by atoms with Crippen LogP contribution in [0.1, 0.15) is 81.6 Å². The third-order valence-corrected chi connectivity index (χ3v) is 6.28. The topological polar surface area (TPSA) is 100.0 Å². The van der Waals surface area contributed by atoms with Gasteiger partial charge in [-0.05, 0) is 56.7 Å². The van der Waals surface area contributed by atoms with Gasteiger partial charge in [-0.3, -0.25) is 4.79 Å². The van der Waals surface area contributed by atoms with E-state index >= 15 is 0 Å². The van der Waals surface area contributed by atoms with E-state index < -0.39 is 5.97 Å². The molecule has 0 spiro atoms. The Labute approximate surface area is 236 Å². The van der Waals surface area contributed by atoms with Gasteiger partial charge in [-0.2, -0.15) is 4.98 Å². The zero-order valence-electron chi connectivity index (χ0n) is 24.2. The molecule has 0 unspecified atom stereocenters. The number of aromatic nitrogens is 2. The smallest absolute Gasteiger partial charge is 0.331 e. The molecule has 0 aliphatic carbocycles. The fourth-order valence-corrected chi connectivity index (χ4v) is 4.33. The number of esters is 1. The first-order valence-electron chi connectivity index (χ1n) is 13.9. The molecule has 0 radical (unpaired) electrons. The van der Waals surface area contributed by atoms with Crippen LogP contribution in [0.4, 0.5) is 0 Å². The molecular weight excluding hydrogens is 506 g/mol. The summed E-state index contributed by atoms with van der Waals surface area (Å²) in [5.41, 5.74) is 6.62. The molecule has 212 valence electrons. The lowest BCUT2D eigenvalue weighted by molar-refractivity contribution is -0.143. The van der Waals surface area contributed by atoms with Crippen molar-refractivity contribution in [3.05, 3.63) is 76.7 Å². The van der Waals surface area contributed by atoms with E-state index in [2.05, 4.69) is 41.3 Å². The summed E-state index contributed by atoms with van der Waals surface area (Å²) in [7, 11) is 0. The van der Waals surface area contributed by atoms with Gasteiger partial charge < -0.3 is 14.3 Å². The molecule has 3 rings (SSSR count). The van der Waals surface area contributed by atoms with Gasteiger partial charge in [0.2, 0.25) is 5.88 Å². The summed E-state index contributed by atoms with van der Waals surface area (Å²) >= 11 is 0. The Balaban J connectivity index is 1.84. The first kappa shape index (κ1) is 30.5. The molecule has 0 fully saturated rings. The van der Waals surface area contributed by atoms with Crippen LogP contribution in [-0.2, 0) is 32.0 Å². The molecule has 1 heterocycles. The zero-order chi connectivity index (χ0) is 28.9. The van der Waals surface area contributed by atoms with Gasteiger partial charge in [-0.1, -0.05) is 67.0 Å². The molecule has 8 heteroatoms. The van der Waals surface area contributed by atoms with Crippen LogP contribution in [0.25, 0.3) is 11.1 Å². The number of rotatable bonds is 14. The predicted octanol–water partition coefficient (Wildman–Crippen LogP) is 6.39. The maximum Gasteiger partial charge on any atom is 0.331 e. The summed E-state index contributed by atoms with van der Waals surface area (Å²) in [6, 6.07) is 16.2. The monoisotopic (exact) mass is 545 g/mol. The van der Waals surface area contributed by atoms with Gasteiger partial charge >= 0.3 is 11.9 Å². The number of benzene rings is 2. The average Bonchev–Trinajstić information content (AvgIpc) is 2.94. The molecule has 0 saturated heterocycles. The van der Waals surface area contributed by atoms with Gasteiger partial charge in [0, 0.05) is 30.9 Å². The second kappa shape index (κ2) is 15.5. The van der Waals surface area contributed by atoms with Crippen LogP contribution in [-0.4, -0.2) is 40.8 Å². The molecule has 0 atom stereocenters. The molecule has 2 aromatic carbocycles. The standard InChI is InChI=1S/C32H39N3O5/c1-6-8-14-30-29(32(34-23(4)33-30)39-20-11-15-31(37)38-7-2)21-25-16-18-26(19-17-25)28-13-10-9-12-27(28)22(3)35-40-24(5)36/h9-10,12-13,16-19H,6-8,11,14-15,20-21H2,1-5H3/b35-22+. The normalized spacial score (nSPS) is 11.3. The molecular formula is C32H39N3O5. The van der Waals surface area contributed by atoms with E-state index in [4.69, 9.17) is 19.3 Å². The second-order valence-corrected chi connectivity index (χ2v) is 9.54. The molecule has 0 aliphatic rings. The van der Waals surface area contributed by atoms with Gasteiger partial charge in [0.15, 0.2) is 0 Å². The Morgan fingerprint density at radius 1 is 0.950 bits per heavy atom. The van der Waals surface area contributed by atoms with Crippen molar-refractivity contribution < 1.29 is 23.9 Å². The molecule has 0 saturated carbocycles. The van der Waals surface area contributed by atoms with E-state index in [1.807, 2.05) is 38.1 Å². The Morgan fingerprint density at radius 2 is 1.70 bits per heavy atom. The van der Waals surface area contributed by atoms with Gasteiger partial charge in [0.05, 0.1) is 24.6 Å². The Bertz CT molecular complexity index is 1320. The number of carbonyl (C=O) groups is 2. The highest BCUT2D eigenvalue weighted by Crippen LogP contribution is 2.28. The minimum absolute atomic E-state index is 0.219. The Morgan fingerprint density at radius 3 is 2.40 bits per heavy atom. The summed E-state index contributed by atoms with van der Waals surface area (Å²) in [5.74, 6) is 0.576. The van der Waals surface area contributed by atoms with Crippen molar-refractivity contribution in [2.75, 3.05) is 13.2 Å². The average molecular weight is 546 g/mol. The Hall–Kier alpha value is -4.07. The highest BCUT2D eigenvalue weighted by atomic mass is 16.7. The summed E-state index contributed by atoms with van der Waals surface area (Å²) in [6.45, 7) is 9.74. The van der Waals surface area contributed by atoms with Gasteiger partial charge in [-0.15, -0.1) is 0 Å². The molecule has 8 nitrogen and oxygen atoms in total. The van der Waals surface area contributed by atoms with Crippen molar-refractivity contribution in [1.82, 2.24) is 9.97 Å². The number of nitrogens with zero attached hydrogens (tertiary/aromatic N) is 3. The van der Waals surface area contributed by atoms with Crippen LogP contribution < -0.4 is 4.74 Å². The van der Waals surface area contributed by atoms with E-state index in [0.717, 1.165) is 52.8 Å². The minimum atomic E-state index is -0.457. The molecule has 40 heavy (non-hydrogen) atoms. The first-order valence-corrected chi connectivity index (χ1v) is 13.9. The van der Waals surface area contributed by atoms with E-state index in [-0.39, 0.29) is 5.97 Å². The van der Waals surface area contributed by atoms with Crippen molar-refractivity contribution in [1.29, 1.82) is 0 Å². The molecule has 0 bridgehead atoms. The lowest BCUT2D eigenvalue weighted by atomic mass is 9.95. The number of carbonyl (C=O) groups excluding carboxylic acids is 2. The number of hydrogen-bond donors (Lipinski definition) is 0. The highest BCUT2D eigenvalue weighted by Gasteiger charge is 2.16. The first-order chi connectivity index (χ1) is 19.3. The predicted molar refractivity (Wildman–Crippen MR) is 155 cm³/mol. The van der Waals surface area contributed by atoms with Gasteiger partial charge in [0.1, 0.15) is 5.82 Å². The highest BCUT2D eigenvalue weighted by molar-refractivity contribution is 6.04. The summed E-state index contributed by atoms with van der Waals surface area (Å²) < 4.78 is 11.1. The van der Waals surface area contributed by atoms with Crippen LogP contribution >= 0.6 is 0 Å². The number of aryl methyl sites for hydroxylation is 2. The lowest BCUT2D eigenvalue weighted by Crippen LogP contribution is -2.11. The van der Waals surface area contributed by atoms with E-state index in [1.54, 1.807) is 6.92 Å². The van der Waals surface area contributed by atoms with Crippen LogP contribution in [0.3, 0.4) is 0 Å². The maximum atomic E-state index is 11.7. The van der Waals surface area contributed by atoms with Gasteiger partial charge in [0.25, 0.3) is 0 Å². The fraction of sp³-hybridized carbons (Fsp3) is 0.406. The number of ether oxygens (including phenoxy) is 2. The van der Waals surface area contributed by atoms with Crippen LogP contribution in [0, 0.1) is 6.92 Å². The van der Waals surface area contributed by atoms with Crippen molar-refractivity contribution in [3.8, 4) is 17.0 Å². The molecule has 0 N–H and O–H groups in total. The number of hydrogen-bond acceptors (Lipinski definition) is 8. The number of unbranched alkanes of at least 4 members (excludes halogenated alkanes) is 1. The summed E-state index contributed by atoms with van der Waals surface area (Å²) in [5, 5.41) is 3.97. The molecule has 0 aliphatic heterocycles. The fourth-order valence-electron chi connectivity index (χ4n) is 4.33. The van der Waals surface area contributed by atoms with Crippen LogP contribution in [0.5, 0.6) is 5.88 Å². The molecule has 1 aromatic heterocycles. The second-order valence-electron chi connectivity index (χ2n) is 9.54. The van der Waals surface area contributed by atoms with Crippen LogP contribution in [0.2, 0.25) is 0 Å². The third kappa shape index (κ3) is 9.00. The Kier molecular flexibility index (Phi) is 11.8. The van der Waals surface area contributed by atoms with Crippen LogP contribution in [0.15, 0.2) is 53.7 Å². The van der Waals surface area contributed by atoms with Crippen molar-refractivity contribution in [3.63, 3.8) is 0 Å². The largest absolute Gasteiger partial charge is 0.477 e. The summed E-state index contributed by atoms with van der Waals surface area (Å²) in [4.78, 5) is 37.1. The van der Waals surface area contributed by atoms with Crippen molar-refractivity contribution in [2.45, 2.75) is 73.1 Å². The van der Waals surface area contributed by atoms with E-state index in [1.165, 1.54) is 6.92 Å². The number of oxime groups is 1. The lowest BCUT2D eigenvalue weighted by Gasteiger charge is -2.16. The summed E-state index contributed by atoms with van der Waals surface area (Å²) in [6.07, 6.45) is 4.42.